The SMILES string of the molecule is O=C(NCc1cccnc1)c1ccc2c(c1)NC(=O)c1ccccc1C2. The van der Waals surface area contributed by atoms with Gasteiger partial charge < -0.3 is 10.6 Å². The Morgan fingerprint density at radius 3 is 2.81 bits per heavy atom. The largest absolute Gasteiger partial charge is 0.348 e. The van der Waals surface area contributed by atoms with Crippen molar-refractivity contribution in [3.05, 3.63) is 94.8 Å². The van der Waals surface area contributed by atoms with Gasteiger partial charge in [0.25, 0.3) is 11.8 Å². The Bertz CT molecular complexity index is 984. The Hall–Kier alpha value is -3.47. The highest BCUT2D eigenvalue weighted by Crippen LogP contribution is 2.27. The minimum Gasteiger partial charge on any atom is -0.348 e. The van der Waals surface area contributed by atoms with Crippen LogP contribution in [0.1, 0.15) is 37.4 Å². The zero-order chi connectivity index (χ0) is 17.9. The molecular weight excluding hydrogens is 326 g/mol. The molecule has 0 saturated heterocycles. The fourth-order valence-electron chi connectivity index (χ4n) is 3.07. The molecule has 1 aliphatic rings. The number of carbonyl (C=O) groups excluding carboxylic acids is 2. The molecule has 0 spiro atoms. The van der Waals surface area contributed by atoms with Crippen LogP contribution >= 0.6 is 0 Å². The summed E-state index contributed by atoms with van der Waals surface area (Å²) >= 11 is 0. The third kappa shape index (κ3) is 3.19. The maximum Gasteiger partial charge on any atom is 0.255 e. The standard InChI is InChI=1S/C21H17N3O2/c25-20(23-13-14-4-3-9-22-12-14)17-8-7-16-10-15-5-1-2-6-18(15)21(26)24-19(16)11-17/h1-9,11-12H,10,13H2,(H,23,25)(H,24,26). The van der Waals surface area contributed by atoms with E-state index in [0.717, 1.165) is 16.7 Å². The number of fused-ring (bicyclic) bond motifs is 2. The first-order valence-electron chi connectivity index (χ1n) is 8.40. The molecule has 4 rings (SSSR count). The Balaban J connectivity index is 1.55. The summed E-state index contributed by atoms with van der Waals surface area (Å²) in [6.07, 6.45) is 4.06. The molecule has 128 valence electrons. The first-order chi connectivity index (χ1) is 12.7. The molecule has 0 unspecified atom stereocenters. The van der Waals surface area contributed by atoms with Crippen molar-refractivity contribution in [3.8, 4) is 0 Å². The van der Waals surface area contributed by atoms with Gasteiger partial charge in [0.2, 0.25) is 0 Å². The second-order valence-corrected chi connectivity index (χ2v) is 6.20. The smallest absolute Gasteiger partial charge is 0.255 e. The van der Waals surface area contributed by atoms with Gasteiger partial charge in [-0.3, -0.25) is 14.6 Å². The maximum atomic E-state index is 12.4. The Morgan fingerprint density at radius 2 is 1.96 bits per heavy atom. The van der Waals surface area contributed by atoms with Gasteiger partial charge >= 0.3 is 0 Å². The predicted octanol–water partition coefficient (Wildman–Crippen LogP) is 3.17. The summed E-state index contributed by atoms with van der Waals surface area (Å²) in [6.45, 7) is 0.404. The summed E-state index contributed by atoms with van der Waals surface area (Å²) in [5.41, 5.74) is 4.77. The monoisotopic (exact) mass is 343 g/mol. The number of nitrogens with one attached hydrogen (secondary N) is 2. The molecule has 0 bridgehead atoms. The van der Waals surface area contributed by atoms with E-state index in [0.29, 0.717) is 29.8 Å². The number of hydrogen-bond donors (Lipinski definition) is 2. The average molecular weight is 343 g/mol. The number of aromatic nitrogens is 1. The van der Waals surface area contributed by atoms with Crippen LogP contribution in [0.4, 0.5) is 5.69 Å². The van der Waals surface area contributed by atoms with Crippen LogP contribution in [0.25, 0.3) is 0 Å². The third-order valence-corrected chi connectivity index (χ3v) is 4.44. The Morgan fingerprint density at radius 1 is 1.08 bits per heavy atom. The molecule has 2 heterocycles. The maximum absolute atomic E-state index is 12.4. The zero-order valence-electron chi connectivity index (χ0n) is 14.0. The van der Waals surface area contributed by atoms with Gasteiger partial charge in [0.15, 0.2) is 0 Å². The lowest BCUT2D eigenvalue weighted by Crippen LogP contribution is -2.23. The van der Waals surface area contributed by atoms with Crippen LogP contribution in [0.3, 0.4) is 0 Å². The van der Waals surface area contributed by atoms with Crippen molar-refractivity contribution < 1.29 is 9.59 Å². The summed E-state index contributed by atoms with van der Waals surface area (Å²) in [5.74, 6) is -0.333. The van der Waals surface area contributed by atoms with Crippen molar-refractivity contribution in [1.29, 1.82) is 0 Å². The van der Waals surface area contributed by atoms with E-state index >= 15 is 0 Å². The van der Waals surface area contributed by atoms with Crippen LogP contribution in [-0.4, -0.2) is 16.8 Å². The van der Waals surface area contributed by atoms with E-state index in [1.54, 1.807) is 24.5 Å². The van der Waals surface area contributed by atoms with Crippen molar-refractivity contribution in [2.45, 2.75) is 13.0 Å². The molecule has 0 saturated carbocycles. The number of rotatable bonds is 3. The van der Waals surface area contributed by atoms with E-state index < -0.39 is 0 Å². The highest BCUT2D eigenvalue weighted by molar-refractivity contribution is 6.07. The van der Waals surface area contributed by atoms with Gasteiger partial charge in [-0.1, -0.05) is 30.3 Å². The molecule has 2 amide bonds. The molecule has 1 aromatic heterocycles. The van der Waals surface area contributed by atoms with Crippen LogP contribution < -0.4 is 10.6 Å². The quantitative estimate of drug-likeness (QED) is 0.767. The van der Waals surface area contributed by atoms with Crippen molar-refractivity contribution >= 4 is 17.5 Å². The molecule has 5 nitrogen and oxygen atoms in total. The van der Waals surface area contributed by atoms with Gasteiger partial charge in [0, 0.05) is 42.2 Å². The molecule has 0 atom stereocenters. The second kappa shape index (κ2) is 6.80. The molecular formula is C21H17N3O2. The van der Waals surface area contributed by atoms with E-state index in [-0.39, 0.29) is 11.8 Å². The van der Waals surface area contributed by atoms with Gasteiger partial charge in [-0.05, 0) is 41.0 Å². The number of anilines is 1. The number of amides is 2. The van der Waals surface area contributed by atoms with E-state index in [1.165, 1.54) is 0 Å². The predicted molar refractivity (Wildman–Crippen MR) is 99.1 cm³/mol. The van der Waals surface area contributed by atoms with Crippen LogP contribution in [0.15, 0.2) is 67.0 Å². The lowest BCUT2D eigenvalue weighted by molar-refractivity contribution is 0.0949. The van der Waals surface area contributed by atoms with Crippen molar-refractivity contribution in [3.63, 3.8) is 0 Å². The topological polar surface area (TPSA) is 71.1 Å². The number of benzene rings is 2. The van der Waals surface area contributed by atoms with E-state index in [2.05, 4.69) is 15.6 Å². The normalized spacial score (nSPS) is 12.4. The summed E-state index contributed by atoms with van der Waals surface area (Å²) in [5, 5.41) is 5.79. The molecule has 5 heteroatoms. The first-order valence-corrected chi connectivity index (χ1v) is 8.40. The van der Waals surface area contributed by atoms with Crippen LogP contribution in [-0.2, 0) is 13.0 Å². The third-order valence-electron chi connectivity index (χ3n) is 4.44. The summed E-state index contributed by atoms with van der Waals surface area (Å²) in [7, 11) is 0. The second-order valence-electron chi connectivity index (χ2n) is 6.20. The highest BCUT2D eigenvalue weighted by Gasteiger charge is 2.19. The Kier molecular flexibility index (Phi) is 4.19. The van der Waals surface area contributed by atoms with Crippen molar-refractivity contribution in [2.75, 3.05) is 5.32 Å². The number of carbonyl (C=O) groups is 2. The fraction of sp³-hybridized carbons (Fsp3) is 0.0952. The average Bonchev–Trinajstić information content (AvgIpc) is 2.82. The van der Waals surface area contributed by atoms with Crippen LogP contribution in [0.5, 0.6) is 0 Å². The van der Waals surface area contributed by atoms with E-state index in [1.807, 2.05) is 42.5 Å². The van der Waals surface area contributed by atoms with Gasteiger partial charge in [-0.15, -0.1) is 0 Å². The van der Waals surface area contributed by atoms with Crippen molar-refractivity contribution in [2.24, 2.45) is 0 Å². The molecule has 2 aromatic carbocycles. The summed E-state index contributed by atoms with van der Waals surface area (Å²) < 4.78 is 0. The number of nitrogens with zero attached hydrogens (tertiary/aromatic N) is 1. The highest BCUT2D eigenvalue weighted by atomic mass is 16.2. The molecule has 3 aromatic rings. The first kappa shape index (κ1) is 16.0. The zero-order valence-corrected chi connectivity index (χ0v) is 14.0. The lowest BCUT2D eigenvalue weighted by atomic mass is 9.99. The van der Waals surface area contributed by atoms with E-state index in [4.69, 9.17) is 0 Å². The van der Waals surface area contributed by atoms with Crippen LogP contribution in [0.2, 0.25) is 0 Å². The molecule has 0 fully saturated rings. The fourth-order valence-corrected chi connectivity index (χ4v) is 3.07. The Labute approximate surface area is 151 Å². The van der Waals surface area contributed by atoms with Crippen LogP contribution in [0, 0.1) is 0 Å². The van der Waals surface area contributed by atoms with Crippen molar-refractivity contribution in [1.82, 2.24) is 10.3 Å². The summed E-state index contributed by atoms with van der Waals surface area (Å²) in [6, 6.07) is 16.7. The minimum absolute atomic E-state index is 0.146. The van der Waals surface area contributed by atoms with Gasteiger partial charge in [0.05, 0.1) is 0 Å². The van der Waals surface area contributed by atoms with E-state index in [9.17, 15) is 9.59 Å². The van der Waals surface area contributed by atoms with Gasteiger partial charge in [-0.25, -0.2) is 0 Å². The molecule has 0 radical (unpaired) electrons. The number of pyridine rings is 1. The lowest BCUT2D eigenvalue weighted by Gasteiger charge is -2.10. The molecule has 0 aliphatic carbocycles. The number of hydrogen-bond acceptors (Lipinski definition) is 3. The summed E-state index contributed by atoms with van der Waals surface area (Å²) in [4.78, 5) is 28.9. The minimum atomic E-state index is -0.187. The van der Waals surface area contributed by atoms with Gasteiger partial charge in [-0.2, -0.15) is 0 Å². The molecule has 1 aliphatic heterocycles. The molecule has 2 N–H and O–H groups in total. The van der Waals surface area contributed by atoms with Gasteiger partial charge in [0.1, 0.15) is 0 Å². The molecule has 26 heavy (non-hydrogen) atoms.